The van der Waals surface area contributed by atoms with Crippen LogP contribution < -0.4 is 10.5 Å². The Bertz CT molecular complexity index is 1290. The molecule has 1 aliphatic rings. The number of nitrogens with one attached hydrogen (secondary N) is 1. The highest BCUT2D eigenvalue weighted by molar-refractivity contribution is 6.30. The summed E-state index contributed by atoms with van der Waals surface area (Å²) < 4.78 is 0. The number of halogens is 1. The van der Waals surface area contributed by atoms with E-state index in [0.717, 1.165) is 29.8 Å². The van der Waals surface area contributed by atoms with Crippen molar-refractivity contribution in [2.24, 2.45) is 0 Å². The number of nitrogens with zero attached hydrogens (tertiary/aromatic N) is 3. The molecule has 1 N–H and O–H groups in total. The molecule has 0 aliphatic carbocycles. The number of H-pyrrole nitrogens is 1. The molecule has 5 rings (SSSR count). The monoisotopic (exact) mass is 400 g/mol. The van der Waals surface area contributed by atoms with Crippen molar-refractivity contribution in [3.63, 3.8) is 0 Å². The number of hydrogen-bond donors (Lipinski definition) is 1. The smallest absolute Gasteiger partial charge is 0.262 e. The van der Waals surface area contributed by atoms with E-state index in [2.05, 4.69) is 21.0 Å². The Balaban J connectivity index is 1.56. The van der Waals surface area contributed by atoms with Gasteiger partial charge in [-0.15, -0.1) is 0 Å². The maximum atomic E-state index is 12.9. The number of para-hydroxylation sites is 1. The molecule has 0 saturated carbocycles. The molecule has 0 saturated heterocycles. The molecule has 0 amide bonds. The molecule has 29 heavy (non-hydrogen) atoms. The first kappa shape index (κ1) is 17.6. The standard InChI is InChI=1S/C23H17ClN4O/c24-18-9-6-15(7-10-18)5-8-17-11-13-25-21-20(17)22(29)27-23(26-21)28-14-12-16-3-1-2-4-19(16)28/h1-11,13H,12,14H2,(H,25,26,27,29)/b8-5+. The van der Waals surface area contributed by atoms with E-state index < -0.39 is 0 Å². The summed E-state index contributed by atoms with van der Waals surface area (Å²) in [5, 5.41) is 1.17. The fraction of sp³-hybridized carbons (Fsp3) is 0.0870. The molecular formula is C23H17ClN4O. The number of pyridine rings is 1. The second kappa shape index (κ2) is 7.18. The lowest BCUT2D eigenvalue weighted by Gasteiger charge is -2.17. The summed E-state index contributed by atoms with van der Waals surface area (Å²) in [6.45, 7) is 0.782. The van der Waals surface area contributed by atoms with Gasteiger partial charge in [-0.3, -0.25) is 9.78 Å². The molecule has 0 spiro atoms. The van der Waals surface area contributed by atoms with Crippen molar-refractivity contribution < 1.29 is 0 Å². The highest BCUT2D eigenvalue weighted by Crippen LogP contribution is 2.32. The Hall–Kier alpha value is -3.44. The fourth-order valence-corrected chi connectivity index (χ4v) is 3.79. The maximum Gasteiger partial charge on any atom is 0.262 e. The molecule has 6 heteroatoms. The van der Waals surface area contributed by atoms with Crippen LogP contribution in [0.1, 0.15) is 16.7 Å². The van der Waals surface area contributed by atoms with Crippen LogP contribution in [0.3, 0.4) is 0 Å². The van der Waals surface area contributed by atoms with Crippen molar-refractivity contribution in [3.8, 4) is 0 Å². The van der Waals surface area contributed by atoms with Gasteiger partial charge in [0, 0.05) is 23.5 Å². The van der Waals surface area contributed by atoms with E-state index >= 15 is 0 Å². The lowest BCUT2D eigenvalue weighted by molar-refractivity contribution is 0.938. The van der Waals surface area contributed by atoms with Gasteiger partial charge in [-0.05, 0) is 47.4 Å². The minimum atomic E-state index is -0.196. The van der Waals surface area contributed by atoms with E-state index in [1.807, 2.05) is 65.6 Å². The fourth-order valence-electron chi connectivity index (χ4n) is 3.66. The van der Waals surface area contributed by atoms with Gasteiger partial charge in [0.2, 0.25) is 5.95 Å². The highest BCUT2D eigenvalue weighted by atomic mass is 35.5. The third-order valence-corrected chi connectivity index (χ3v) is 5.35. The summed E-state index contributed by atoms with van der Waals surface area (Å²) in [7, 11) is 0. The predicted octanol–water partition coefficient (Wildman–Crippen LogP) is 4.84. The highest BCUT2D eigenvalue weighted by Gasteiger charge is 2.22. The van der Waals surface area contributed by atoms with Crippen LogP contribution in [0.2, 0.25) is 5.02 Å². The van der Waals surface area contributed by atoms with Crippen LogP contribution in [0, 0.1) is 0 Å². The second-order valence-corrected chi connectivity index (χ2v) is 7.34. The molecule has 0 radical (unpaired) electrons. The molecule has 0 bridgehead atoms. The average Bonchev–Trinajstić information content (AvgIpc) is 3.17. The van der Waals surface area contributed by atoms with E-state index in [1.165, 1.54) is 5.56 Å². The van der Waals surface area contributed by atoms with E-state index in [9.17, 15) is 4.79 Å². The first-order chi connectivity index (χ1) is 14.2. The largest absolute Gasteiger partial charge is 0.311 e. The molecule has 0 unspecified atom stereocenters. The first-order valence-electron chi connectivity index (χ1n) is 9.37. The van der Waals surface area contributed by atoms with Crippen LogP contribution in [0.15, 0.2) is 65.6 Å². The van der Waals surface area contributed by atoms with E-state index in [0.29, 0.717) is 22.0 Å². The molecular weight excluding hydrogens is 384 g/mol. The van der Waals surface area contributed by atoms with Gasteiger partial charge in [-0.2, -0.15) is 4.98 Å². The number of rotatable bonds is 3. The Kier molecular flexibility index (Phi) is 4.37. The van der Waals surface area contributed by atoms with Gasteiger partial charge < -0.3 is 4.90 Å². The molecule has 3 heterocycles. The molecule has 2 aromatic heterocycles. The van der Waals surface area contributed by atoms with Crippen LogP contribution in [-0.2, 0) is 6.42 Å². The molecule has 4 aromatic rings. The van der Waals surface area contributed by atoms with E-state index in [1.54, 1.807) is 6.20 Å². The predicted molar refractivity (Wildman–Crippen MR) is 118 cm³/mol. The summed E-state index contributed by atoms with van der Waals surface area (Å²) in [5.74, 6) is 0.527. The second-order valence-electron chi connectivity index (χ2n) is 6.90. The quantitative estimate of drug-likeness (QED) is 0.534. The van der Waals surface area contributed by atoms with Gasteiger partial charge in [0.05, 0.1) is 5.39 Å². The van der Waals surface area contributed by atoms with Crippen LogP contribution in [0.25, 0.3) is 23.2 Å². The summed E-state index contributed by atoms with van der Waals surface area (Å²) in [6.07, 6.45) is 6.44. The molecule has 142 valence electrons. The van der Waals surface area contributed by atoms with Gasteiger partial charge in [-0.25, -0.2) is 4.98 Å². The summed E-state index contributed by atoms with van der Waals surface area (Å²) in [6, 6.07) is 17.5. The van der Waals surface area contributed by atoms with Crippen molar-refractivity contribution >= 4 is 46.4 Å². The van der Waals surface area contributed by atoms with Crippen molar-refractivity contribution in [1.82, 2.24) is 15.0 Å². The Labute approximate surface area is 172 Å². The molecule has 0 atom stereocenters. The van der Waals surface area contributed by atoms with Crippen LogP contribution in [0.4, 0.5) is 11.6 Å². The van der Waals surface area contributed by atoms with Crippen molar-refractivity contribution in [2.45, 2.75) is 6.42 Å². The lowest BCUT2D eigenvalue weighted by Crippen LogP contribution is -2.21. The minimum absolute atomic E-state index is 0.196. The topological polar surface area (TPSA) is 61.9 Å². The number of hydrogen-bond acceptors (Lipinski definition) is 4. The summed E-state index contributed by atoms with van der Waals surface area (Å²) in [4.78, 5) is 26.9. The molecule has 2 aromatic carbocycles. The van der Waals surface area contributed by atoms with Gasteiger partial charge >= 0.3 is 0 Å². The van der Waals surface area contributed by atoms with Gasteiger partial charge in [0.25, 0.3) is 5.56 Å². The van der Waals surface area contributed by atoms with Crippen molar-refractivity contribution in [2.75, 3.05) is 11.4 Å². The Morgan fingerprint density at radius 2 is 1.86 bits per heavy atom. The van der Waals surface area contributed by atoms with Gasteiger partial charge in [0.15, 0.2) is 5.65 Å². The van der Waals surface area contributed by atoms with Crippen LogP contribution in [0.5, 0.6) is 0 Å². The van der Waals surface area contributed by atoms with E-state index in [-0.39, 0.29) is 5.56 Å². The van der Waals surface area contributed by atoms with Crippen molar-refractivity contribution in [3.05, 3.63) is 92.9 Å². The zero-order valence-corrected chi connectivity index (χ0v) is 16.2. The zero-order valence-electron chi connectivity index (χ0n) is 15.5. The molecule has 5 nitrogen and oxygen atoms in total. The van der Waals surface area contributed by atoms with Gasteiger partial charge in [-0.1, -0.05) is 54.1 Å². The number of fused-ring (bicyclic) bond motifs is 2. The third kappa shape index (κ3) is 3.30. The van der Waals surface area contributed by atoms with Crippen LogP contribution >= 0.6 is 11.6 Å². The average molecular weight is 401 g/mol. The summed E-state index contributed by atoms with van der Waals surface area (Å²) >= 11 is 5.94. The molecule has 0 fully saturated rings. The zero-order chi connectivity index (χ0) is 19.8. The first-order valence-corrected chi connectivity index (χ1v) is 9.75. The molecule has 1 aliphatic heterocycles. The SMILES string of the molecule is O=c1[nH]c(N2CCc3ccccc32)nc2nccc(/C=C/c3ccc(Cl)cc3)c12. The lowest BCUT2D eigenvalue weighted by atomic mass is 10.1. The number of benzene rings is 2. The Morgan fingerprint density at radius 1 is 1.03 bits per heavy atom. The van der Waals surface area contributed by atoms with Gasteiger partial charge in [0.1, 0.15) is 0 Å². The van der Waals surface area contributed by atoms with E-state index in [4.69, 9.17) is 11.6 Å². The minimum Gasteiger partial charge on any atom is -0.311 e. The maximum absolute atomic E-state index is 12.9. The van der Waals surface area contributed by atoms with Crippen molar-refractivity contribution in [1.29, 1.82) is 0 Å². The number of aromatic amines is 1. The van der Waals surface area contributed by atoms with Crippen LogP contribution in [-0.4, -0.2) is 21.5 Å². The summed E-state index contributed by atoms with van der Waals surface area (Å²) in [5.41, 5.74) is 4.34. The Morgan fingerprint density at radius 3 is 2.72 bits per heavy atom. The number of aromatic nitrogens is 3. The third-order valence-electron chi connectivity index (χ3n) is 5.10. The normalized spacial score (nSPS) is 13.3. The number of anilines is 2.